The van der Waals surface area contributed by atoms with Crippen LogP contribution in [0.2, 0.25) is 0 Å². The first-order valence-electron chi connectivity index (χ1n) is 7.79. The molecule has 1 saturated carbocycles. The summed E-state index contributed by atoms with van der Waals surface area (Å²) in [7, 11) is -0.631. The largest absolute Gasteiger partial charge is 0.481 e. The number of nitrogens with one attached hydrogen (secondary N) is 1. The Hall–Kier alpha value is -1.93. The quantitative estimate of drug-likeness (QED) is 0.838. The minimum absolute atomic E-state index is 0.131. The number of hydrogen-bond acceptors (Lipinski definition) is 4. The highest BCUT2D eigenvalue weighted by Crippen LogP contribution is 2.31. The van der Waals surface area contributed by atoms with Crippen molar-refractivity contribution in [1.29, 1.82) is 0 Å². The van der Waals surface area contributed by atoms with Gasteiger partial charge >= 0.3 is 5.97 Å². The van der Waals surface area contributed by atoms with Crippen LogP contribution < -0.4 is 5.32 Å². The lowest BCUT2D eigenvalue weighted by atomic mass is 9.78. The summed E-state index contributed by atoms with van der Waals surface area (Å²) < 4.78 is 25.1. The van der Waals surface area contributed by atoms with E-state index in [9.17, 15) is 23.1 Å². The molecular weight excluding hydrogens is 332 g/mol. The van der Waals surface area contributed by atoms with Crippen molar-refractivity contribution in [3.05, 3.63) is 24.3 Å². The summed E-state index contributed by atoms with van der Waals surface area (Å²) in [5, 5.41) is 11.9. The Labute approximate surface area is 141 Å². The smallest absolute Gasteiger partial charge is 0.307 e. The van der Waals surface area contributed by atoms with Crippen LogP contribution in [-0.4, -0.2) is 43.8 Å². The van der Waals surface area contributed by atoms with Gasteiger partial charge in [-0.1, -0.05) is 12.8 Å². The molecule has 0 aromatic heterocycles. The van der Waals surface area contributed by atoms with E-state index in [1.165, 1.54) is 38.4 Å². The first kappa shape index (κ1) is 18.4. The summed E-state index contributed by atoms with van der Waals surface area (Å²) in [6, 6.07) is 5.85. The Bertz CT molecular complexity index is 712. The fourth-order valence-electron chi connectivity index (χ4n) is 2.90. The van der Waals surface area contributed by atoms with E-state index in [0.717, 1.165) is 17.1 Å². The number of amides is 1. The summed E-state index contributed by atoms with van der Waals surface area (Å²) in [6.07, 6.45) is 2.71. The van der Waals surface area contributed by atoms with E-state index in [1.807, 2.05) is 0 Å². The van der Waals surface area contributed by atoms with Gasteiger partial charge in [-0.25, -0.2) is 12.7 Å². The molecule has 1 aliphatic carbocycles. The molecule has 1 aromatic carbocycles. The predicted octanol–water partition coefficient (Wildman–Crippen LogP) is 1.77. The summed E-state index contributed by atoms with van der Waals surface area (Å²) in [4.78, 5) is 23.8. The van der Waals surface area contributed by atoms with E-state index in [4.69, 9.17) is 0 Å². The Morgan fingerprint density at radius 3 is 2.12 bits per heavy atom. The number of anilines is 1. The van der Waals surface area contributed by atoms with E-state index in [-0.39, 0.29) is 10.8 Å². The zero-order chi connectivity index (χ0) is 17.9. The molecule has 1 aromatic rings. The Morgan fingerprint density at radius 1 is 1.08 bits per heavy atom. The van der Waals surface area contributed by atoms with Crippen LogP contribution in [0, 0.1) is 11.8 Å². The van der Waals surface area contributed by atoms with Crippen LogP contribution in [0.1, 0.15) is 25.7 Å². The maximum atomic E-state index is 12.4. The van der Waals surface area contributed by atoms with Crippen LogP contribution in [0.25, 0.3) is 0 Å². The molecule has 132 valence electrons. The second kappa shape index (κ2) is 7.31. The van der Waals surface area contributed by atoms with Gasteiger partial charge in [0.25, 0.3) is 0 Å². The van der Waals surface area contributed by atoms with Gasteiger partial charge in [0.1, 0.15) is 0 Å². The van der Waals surface area contributed by atoms with Crippen molar-refractivity contribution in [3.8, 4) is 0 Å². The molecule has 7 nitrogen and oxygen atoms in total. The summed E-state index contributed by atoms with van der Waals surface area (Å²) in [5.41, 5.74) is 0.451. The fourth-order valence-corrected chi connectivity index (χ4v) is 3.80. The molecule has 0 aliphatic heterocycles. The Morgan fingerprint density at radius 2 is 1.62 bits per heavy atom. The van der Waals surface area contributed by atoms with E-state index in [2.05, 4.69) is 5.32 Å². The van der Waals surface area contributed by atoms with Crippen molar-refractivity contribution in [3.63, 3.8) is 0 Å². The van der Waals surface area contributed by atoms with Gasteiger partial charge in [-0.3, -0.25) is 9.59 Å². The second-order valence-electron chi connectivity index (χ2n) is 6.14. The minimum atomic E-state index is -3.52. The van der Waals surface area contributed by atoms with Crippen LogP contribution in [0.5, 0.6) is 0 Å². The zero-order valence-electron chi connectivity index (χ0n) is 13.7. The number of carboxylic acid groups (broad SMARTS) is 1. The highest BCUT2D eigenvalue weighted by molar-refractivity contribution is 7.89. The van der Waals surface area contributed by atoms with E-state index < -0.39 is 27.8 Å². The van der Waals surface area contributed by atoms with Crippen molar-refractivity contribution < 1.29 is 23.1 Å². The van der Waals surface area contributed by atoms with Crippen LogP contribution in [0.4, 0.5) is 5.69 Å². The van der Waals surface area contributed by atoms with Gasteiger partial charge in [0.15, 0.2) is 0 Å². The van der Waals surface area contributed by atoms with Crippen molar-refractivity contribution >= 4 is 27.6 Å². The van der Waals surface area contributed by atoms with Gasteiger partial charge in [0, 0.05) is 19.8 Å². The van der Waals surface area contributed by atoms with Crippen LogP contribution in [0.15, 0.2) is 29.2 Å². The number of carbonyl (C=O) groups excluding carboxylic acids is 1. The molecule has 0 unspecified atom stereocenters. The molecule has 1 amide bonds. The van der Waals surface area contributed by atoms with Crippen molar-refractivity contribution in [2.24, 2.45) is 11.8 Å². The number of nitrogens with zero attached hydrogens (tertiary/aromatic N) is 1. The maximum absolute atomic E-state index is 12.4. The molecule has 2 N–H and O–H groups in total. The number of sulfonamides is 1. The van der Waals surface area contributed by atoms with Crippen LogP contribution in [-0.2, 0) is 19.6 Å². The zero-order valence-corrected chi connectivity index (χ0v) is 14.5. The third-order valence-corrected chi connectivity index (χ3v) is 6.15. The van der Waals surface area contributed by atoms with Crippen molar-refractivity contribution in [2.45, 2.75) is 30.6 Å². The monoisotopic (exact) mass is 354 g/mol. The third-order valence-electron chi connectivity index (χ3n) is 4.32. The number of aliphatic carboxylic acids is 1. The maximum Gasteiger partial charge on any atom is 0.307 e. The van der Waals surface area contributed by atoms with E-state index >= 15 is 0 Å². The summed E-state index contributed by atoms with van der Waals surface area (Å²) in [5.74, 6) is -2.49. The molecule has 8 heteroatoms. The summed E-state index contributed by atoms with van der Waals surface area (Å²) in [6.45, 7) is 0. The first-order chi connectivity index (χ1) is 11.2. The van der Waals surface area contributed by atoms with Gasteiger partial charge in [-0.05, 0) is 37.1 Å². The van der Waals surface area contributed by atoms with Gasteiger partial charge in [-0.2, -0.15) is 0 Å². The molecule has 0 heterocycles. The highest BCUT2D eigenvalue weighted by Gasteiger charge is 2.35. The molecular formula is C16H22N2O5S. The van der Waals surface area contributed by atoms with E-state index in [1.54, 1.807) is 0 Å². The lowest BCUT2D eigenvalue weighted by molar-refractivity contribution is -0.147. The van der Waals surface area contributed by atoms with Gasteiger partial charge in [-0.15, -0.1) is 0 Å². The van der Waals surface area contributed by atoms with Gasteiger partial charge < -0.3 is 10.4 Å². The second-order valence-corrected chi connectivity index (χ2v) is 8.29. The molecule has 1 fully saturated rings. The lowest BCUT2D eigenvalue weighted by Crippen LogP contribution is -2.36. The lowest BCUT2D eigenvalue weighted by Gasteiger charge is -2.27. The Kier molecular flexibility index (Phi) is 5.61. The number of carbonyl (C=O) groups is 2. The van der Waals surface area contributed by atoms with Crippen LogP contribution >= 0.6 is 0 Å². The van der Waals surface area contributed by atoms with Crippen LogP contribution in [0.3, 0.4) is 0 Å². The predicted molar refractivity (Wildman–Crippen MR) is 89.0 cm³/mol. The van der Waals surface area contributed by atoms with Crippen molar-refractivity contribution in [1.82, 2.24) is 4.31 Å². The average Bonchev–Trinajstić information content (AvgIpc) is 2.55. The number of benzene rings is 1. The SMILES string of the molecule is CN(C)S(=O)(=O)c1ccc(NC(=O)[C@H]2CCCC[C@H]2C(=O)O)cc1. The van der Waals surface area contributed by atoms with Gasteiger partial charge in [0.2, 0.25) is 15.9 Å². The molecule has 2 rings (SSSR count). The molecule has 0 radical (unpaired) electrons. The molecule has 2 atom stereocenters. The Balaban J connectivity index is 2.11. The summed E-state index contributed by atoms with van der Waals surface area (Å²) >= 11 is 0. The molecule has 1 aliphatic rings. The van der Waals surface area contributed by atoms with E-state index in [0.29, 0.717) is 18.5 Å². The highest BCUT2D eigenvalue weighted by atomic mass is 32.2. The third kappa shape index (κ3) is 3.93. The fraction of sp³-hybridized carbons (Fsp3) is 0.500. The molecule has 0 spiro atoms. The molecule has 0 bridgehead atoms. The normalized spacial score (nSPS) is 21.5. The minimum Gasteiger partial charge on any atom is -0.481 e. The topological polar surface area (TPSA) is 104 Å². The first-order valence-corrected chi connectivity index (χ1v) is 9.23. The molecule has 0 saturated heterocycles. The molecule has 24 heavy (non-hydrogen) atoms. The van der Waals surface area contributed by atoms with Crippen molar-refractivity contribution in [2.75, 3.05) is 19.4 Å². The van der Waals surface area contributed by atoms with Gasteiger partial charge in [0.05, 0.1) is 16.7 Å². The number of carboxylic acids is 1. The number of rotatable bonds is 5. The standard InChI is InChI=1S/C16H22N2O5S/c1-18(2)24(22,23)12-9-7-11(8-10-12)17-15(19)13-5-3-4-6-14(13)16(20)21/h7-10,13-14H,3-6H2,1-2H3,(H,17,19)(H,20,21)/t13-,14+/m0/s1. The average molecular weight is 354 g/mol. The number of hydrogen-bond donors (Lipinski definition) is 2.